The quantitative estimate of drug-likeness (QED) is 0.552. The maximum Gasteiger partial charge on any atom is 0.178 e. The molecule has 0 atom stereocenters. The molecule has 0 spiro atoms. The van der Waals surface area contributed by atoms with Gasteiger partial charge in [0.25, 0.3) is 0 Å². The Morgan fingerprint density at radius 3 is 2.21 bits per heavy atom. The average Bonchev–Trinajstić information content (AvgIpc) is 2.59. The molecule has 0 aliphatic rings. The van der Waals surface area contributed by atoms with Gasteiger partial charge in [-0.3, -0.25) is 0 Å². The SMILES string of the molecule is COCCOCCOCCCS(=O)(=O)c1ccc(C#N)c(C#N)c1. The Morgan fingerprint density at radius 2 is 1.58 bits per heavy atom. The van der Waals surface area contributed by atoms with Crippen molar-refractivity contribution in [2.45, 2.75) is 11.3 Å². The summed E-state index contributed by atoms with van der Waals surface area (Å²) in [6.45, 7) is 2.13. The number of hydrogen-bond acceptors (Lipinski definition) is 7. The Balaban J connectivity index is 2.40. The van der Waals surface area contributed by atoms with Crippen molar-refractivity contribution >= 4 is 9.84 Å². The van der Waals surface area contributed by atoms with Gasteiger partial charge in [0.1, 0.15) is 12.1 Å². The van der Waals surface area contributed by atoms with Crippen molar-refractivity contribution in [1.82, 2.24) is 0 Å². The van der Waals surface area contributed by atoms with Gasteiger partial charge in [0.05, 0.1) is 48.2 Å². The Kier molecular flexibility index (Phi) is 8.98. The fourth-order valence-corrected chi connectivity index (χ4v) is 3.15. The van der Waals surface area contributed by atoms with Crippen LogP contribution in [-0.2, 0) is 24.0 Å². The summed E-state index contributed by atoms with van der Waals surface area (Å²) in [7, 11) is -1.92. The largest absolute Gasteiger partial charge is 0.382 e. The number of ether oxygens (including phenoxy) is 3. The smallest absolute Gasteiger partial charge is 0.178 e. The lowest BCUT2D eigenvalue weighted by Gasteiger charge is -2.07. The zero-order valence-corrected chi connectivity index (χ0v) is 14.3. The molecule has 0 aliphatic heterocycles. The molecule has 0 heterocycles. The molecule has 8 heteroatoms. The summed E-state index contributed by atoms with van der Waals surface area (Å²) in [5.74, 6) is -0.0890. The minimum Gasteiger partial charge on any atom is -0.382 e. The van der Waals surface area contributed by atoms with Gasteiger partial charge in [-0.25, -0.2) is 8.42 Å². The molecule has 0 radical (unpaired) electrons. The predicted molar refractivity (Wildman–Crippen MR) is 86.1 cm³/mol. The molecule has 1 aromatic carbocycles. The molecule has 0 aliphatic carbocycles. The van der Waals surface area contributed by atoms with Crippen LogP contribution >= 0.6 is 0 Å². The summed E-state index contributed by atoms with van der Waals surface area (Å²) in [4.78, 5) is 0.0425. The number of sulfone groups is 1. The van der Waals surface area contributed by atoms with Crippen molar-refractivity contribution in [2.75, 3.05) is 45.9 Å². The Labute approximate surface area is 142 Å². The van der Waals surface area contributed by atoms with Crippen LogP contribution in [0.15, 0.2) is 23.1 Å². The summed E-state index contributed by atoms with van der Waals surface area (Å²) in [5.41, 5.74) is 0.219. The number of rotatable bonds is 11. The number of hydrogen-bond donors (Lipinski definition) is 0. The summed E-state index contributed by atoms with van der Waals surface area (Å²) >= 11 is 0. The molecule has 0 amide bonds. The van der Waals surface area contributed by atoms with Crippen molar-refractivity contribution in [3.63, 3.8) is 0 Å². The van der Waals surface area contributed by atoms with E-state index in [1.165, 1.54) is 18.2 Å². The van der Waals surface area contributed by atoms with Crippen molar-refractivity contribution in [3.8, 4) is 12.1 Å². The maximum absolute atomic E-state index is 12.2. The van der Waals surface area contributed by atoms with Crippen molar-refractivity contribution in [1.29, 1.82) is 10.5 Å². The van der Waals surface area contributed by atoms with Crippen LogP contribution in [0, 0.1) is 22.7 Å². The van der Waals surface area contributed by atoms with Gasteiger partial charge in [0.15, 0.2) is 9.84 Å². The topological polar surface area (TPSA) is 109 Å². The molecule has 1 aromatic rings. The molecule has 0 unspecified atom stereocenters. The third-order valence-electron chi connectivity index (χ3n) is 3.10. The van der Waals surface area contributed by atoms with E-state index in [-0.39, 0.29) is 21.8 Å². The Hall–Kier alpha value is -1.97. The van der Waals surface area contributed by atoms with E-state index in [0.29, 0.717) is 39.5 Å². The van der Waals surface area contributed by atoms with Crippen LogP contribution in [0.2, 0.25) is 0 Å². The fourth-order valence-electron chi connectivity index (χ4n) is 1.84. The minimum absolute atomic E-state index is 0.0425. The summed E-state index contributed by atoms with van der Waals surface area (Å²) < 4.78 is 39.8. The van der Waals surface area contributed by atoms with Crippen molar-refractivity contribution in [3.05, 3.63) is 29.3 Å². The third-order valence-corrected chi connectivity index (χ3v) is 4.89. The number of methoxy groups -OCH3 is 1. The molecular weight excluding hydrogens is 332 g/mol. The predicted octanol–water partition coefficient (Wildman–Crippen LogP) is 1.27. The van der Waals surface area contributed by atoms with Gasteiger partial charge in [0.2, 0.25) is 0 Å². The highest BCUT2D eigenvalue weighted by molar-refractivity contribution is 7.91. The van der Waals surface area contributed by atoms with Crippen LogP contribution < -0.4 is 0 Å². The third kappa shape index (κ3) is 6.65. The van der Waals surface area contributed by atoms with Crippen LogP contribution in [0.3, 0.4) is 0 Å². The average molecular weight is 352 g/mol. The highest BCUT2D eigenvalue weighted by Crippen LogP contribution is 2.17. The first-order valence-electron chi connectivity index (χ1n) is 7.36. The molecule has 0 saturated carbocycles. The summed E-state index contributed by atoms with van der Waals surface area (Å²) in [5, 5.41) is 17.8. The van der Waals surface area contributed by atoms with Crippen molar-refractivity contribution < 1.29 is 22.6 Å². The first-order chi connectivity index (χ1) is 11.5. The molecule has 0 aromatic heterocycles. The van der Waals surface area contributed by atoms with Gasteiger partial charge in [-0.05, 0) is 24.6 Å². The van der Waals surface area contributed by atoms with E-state index >= 15 is 0 Å². The molecule has 7 nitrogen and oxygen atoms in total. The van der Waals surface area contributed by atoms with E-state index in [0.717, 1.165) is 0 Å². The second-order valence-electron chi connectivity index (χ2n) is 4.82. The van der Waals surface area contributed by atoms with Gasteiger partial charge in [-0.2, -0.15) is 10.5 Å². The van der Waals surface area contributed by atoms with E-state index in [1.807, 2.05) is 12.1 Å². The molecule has 0 N–H and O–H groups in total. The summed E-state index contributed by atoms with van der Waals surface area (Å²) in [6.07, 6.45) is 0.336. The molecular formula is C16H20N2O5S. The second kappa shape index (κ2) is 10.7. The van der Waals surface area contributed by atoms with Gasteiger partial charge in [-0.15, -0.1) is 0 Å². The highest BCUT2D eigenvalue weighted by Gasteiger charge is 2.16. The molecule has 0 fully saturated rings. The maximum atomic E-state index is 12.2. The minimum atomic E-state index is -3.51. The molecule has 0 bridgehead atoms. The van der Waals surface area contributed by atoms with Crippen LogP contribution in [0.1, 0.15) is 17.5 Å². The lowest BCUT2D eigenvalue weighted by atomic mass is 10.1. The van der Waals surface area contributed by atoms with E-state index in [1.54, 1.807) is 7.11 Å². The lowest BCUT2D eigenvalue weighted by molar-refractivity contribution is 0.0251. The van der Waals surface area contributed by atoms with E-state index in [2.05, 4.69) is 0 Å². The number of nitriles is 2. The van der Waals surface area contributed by atoms with Gasteiger partial charge < -0.3 is 14.2 Å². The zero-order valence-electron chi connectivity index (χ0n) is 13.5. The van der Waals surface area contributed by atoms with Crippen LogP contribution in [0.5, 0.6) is 0 Å². The highest BCUT2D eigenvalue weighted by atomic mass is 32.2. The van der Waals surface area contributed by atoms with Gasteiger partial charge in [-0.1, -0.05) is 0 Å². The first kappa shape index (κ1) is 20.1. The van der Waals surface area contributed by atoms with Crippen LogP contribution in [-0.4, -0.2) is 54.3 Å². The summed E-state index contributed by atoms with van der Waals surface area (Å²) in [6, 6.07) is 7.61. The van der Waals surface area contributed by atoms with Gasteiger partial charge in [0, 0.05) is 13.7 Å². The molecule has 24 heavy (non-hydrogen) atoms. The lowest BCUT2D eigenvalue weighted by Crippen LogP contribution is -2.12. The van der Waals surface area contributed by atoms with Gasteiger partial charge >= 0.3 is 0 Å². The molecule has 130 valence electrons. The van der Waals surface area contributed by atoms with E-state index in [9.17, 15) is 8.42 Å². The number of benzene rings is 1. The normalized spacial score (nSPS) is 11.0. The van der Waals surface area contributed by atoms with Crippen molar-refractivity contribution in [2.24, 2.45) is 0 Å². The molecule has 1 rings (SSSR count). The van der Waals surface area contributed by atoms with Crippen LogP contribution in [0.25, 0.3) is 0 Å². The molecule has 0 saturated heterocycles. The monoisotopic (exact) mass is 352 g/mol. The zero-order chi connectivity index (χ0) is 17.8. The van der Waals surface area contributed by atoms with E-state index < -0.39 is 9.84 Å². The fraction of sp³-hybridized carbons (Fsp3) is 0.500. The Bertz CT molecular complexity index is 704. The Morgan fingerprint density at radius 1 is 0.958 bits per heavy atom. The van der Waals surface area contributed by atoms with Crippen LogP contribution in [0.4, 0.5) is 0 Å². The first-order valence-corrected chi connectivity index (χ1v) is 9.02. The standard InChI is InChI=1S/C16H20N2O5S/c1-21-6-7-23-9-8-22-5-2-10-24(19,20)16-4-3-14(12-17)15(11-16)13-18/h3-4,11H,2,5-10H2,1H3. The number of nitrogens with zero attached hydrogens (tertiary/aromatic N) is 2. The van der Waals surface area contributed by atoms with E-state index in [4.69, 9.17) is 24.7 Å². The second-order valence-corrected chi connectivity index (χ2v) is 6.93.